The van der Waals surface area contributed by atoms with Crippen LogP contribution in [0.1, 0.15) is 88.5 Å². The molecule has 0 radical (unpaired) electrons. The Kier molecular flexibility index (Phi) is 14.5. The summed E-state index contributed by atoms with van der Waals surface area (Å²) in [6.45, 7) is 2.65. The quantitative estimate of drug-likeness (QED) is 0.0718. The minimum absolute atomic E-state index is 0. The third-order valence-electron chi connectivity index (χ3n) is 12.7. The first-order chi connectivity index (χ1) is 29.7. The van der Waals surface area contributed by atoms with Gasteiger partial charge in [-0.15, -0.1) is 0 Å². The van der Waals surface area contributed by atoms with Crippen molar-refractivity contribution >= 4 is 0 Å². The third kappa shape index (κ3) is 9.16. The van der Waals surface area contributed by atoms with Gasteiger partial charge in [0.05, 0.1) is 26.4 Å². The summed E-state index contributed by atoms with van der Waals surface area (Å²) in [7, 11) is 0. The standard InChI is InChI=1S/C56H54O4.2CH4/c1-5-21-43(22-6-1)57-37-17-33-55(34-18-38-58-44-23-7-2-8-24-44)51-31-15-13-29-47(51)49-42-54-50(41-53(49)55)48-30-14-16-32-52(48)56(54,35-19-39-59-45-25-9-3-10-26-45)36-20-40-60-46-27-11-4-12-28-46;;/h1-16,21-32,41-42H,17-20,33-40H2;2*1H4. The largest absolute Gasteiger partial charge is 0.494 e. The van der Waals surface area contributed by atoms with Gasteiger partial charge >= 0.3 is 0 Å². The molecule has 318 valence electrons. The maximum Gasteiger partial charge on any atom is 0.119 e. The number of fused-ring (bicyclic) bond motifs is 6. The van der Waals surface area contributed by atoms with E-state index < -0.39 is 0 Å². The van der Waals surface area contributed by atoms with Crippen LogP contribution in [0, 0.1) is 0 Å². The zero-order chi connectivity index (χ0) is 40.5. The number of para-hydroxylation sites is 4. The van der Waals surface area contributed by atoms with Gasteiger partial charge in [-0.3, -0.25) is 0 Å². The van der Waals surface area contributed by atoms with Gasteiger partial charge in [-0.05, 0) is 157 Å². The van der Waals surface area contributed by atoms with E-state index in [1.165, 1.54) is 44.5 Å². The lowest BCUT2D eigenvalue weighted by Gasteiger charge is -2.34. The molecule has 4 heteroatoms. The molecule has 0 aromatic heterocycles. The smallest absolute Gasteiger partial charge is 0.119 e. The first-order valence-electron chi connectivity index (χ1n) is 21.8. The summed E-state index contributed by atoms with van der Waals surface area (Å²) in [5, 5.41) is 0. The summed E-state index contributed by atoms with van der Waals surface area (Å²) in [5.41, 5.74) is 10.8. The molecule has 2 aliphatic rings. The van der Waals surface area contributed by atoms with E-state index >= 15 is 0 Å². The van der Waals surface area contributed by atoms with Crippen molar-refractivity contribution in [1.29, 1.82) is 0 Å². The lowest BCUT2D eigenvalue weighted by molar-refractivity contribution is 0.265. The van der Waals surface area contributed by atoms with Crippen molar-refractivity contribution in [2.75, 3.05) is 26.4 Å². The lowest BCUT2D eigenvalue weighted by atomic mass is 9.69. The highest BCUT2D eigenvalue weighted by Gasteiger charge is 2.47. The number of benzene rings is 7. The van der Waals surface area contributed by atoms with Crippen LogP contribution in [0.15, 0.2) is 182 Å². The second-order valence-corrected chi connectivity index (χ2v) is 16.3. The van der Waals surface area contributed by atoms with Gasteiger partial charge in [-0.2, -0.15) is 0 Å². The summed E-state index contributed by atoms with van der Waals surface area (Å²) >= 11 is 0. The number of hydrogen-bond acceptors (Lipinski definition) is 4. The van der Waals surface area contributed by atoms with E-state index in [2.05, 4.69) is 60.7 Å². The van der Waals surface area contributed by atoms with E-state index in [0.29, 0.717) is 26.4 Å². The van der Waals surface area contributed by atoms with E-state index in [1.54, 1.807) is 0 Å². The summed E-state index contributed by atoms with van der Waals surface area (Å²) < 4.78 is 25.3. The zero-order valence-corrected chi connectivity index (χ0v) is 34.4. The van der Waals surface area contributed by atoms with Gasteiger partial charge in [0, 0.05) is 10.8 Å². The summed E-state index contributed by atoms with van der Waals surface area (Å²) in [6, 6.07) is 64.4. The van der Waals surface area contributed by atoms with E-state index in [0.717, 1.165) is 74.4 Å². The molecule has 0 fully saturated rings. The molecule has 0 aliphatic heterocycles. The maximum absolute atomic E-state index is 6.32. The molecule has 0 saturated carbocycles. The van der Waals surface area contributed by atoms with Crippen molar-refractivity contribution in [3.63, 3.8) is 0 Å². The predicted octanol–water partition coefficient (Wildman–Crippen LogP) is 14.9. The normalized spacial score (nSPS) is 13.3. The highest BCUT2D eigenvalue weighted by molar-refractivity contribution is 5.90. The van der Waals surface area contributed by atoms with Crippen LogP contribution in [0.25, 0.3) is 22.3 Å². The molecule has 0 bridgehead atoms. The van der Waals surface area contributed by atoms with Crippen molar-refractivity contribution in [3.05, 3.63) is 204 Å². The Morgan fingerprint density at radius 3 is 0.823 bits per heavy atom. The lowest BCUT2D eigenvalue weighted by Crippen LogP contribution is -2.28. The van der Waals surface area contributed by atoms with Crippen molar-refractivity contribution in [2.24, 2.45) is 0 Å². The van der Waals surface area contributed by atoms with Crippen molar-refractivity contribution in [2.45, 2.75) is 77.0 Å². The molecule has 0 spiro atoms. The number of ether oxygens (including phenoxy) is 4. The third-order valence-corrected chi connectivity index (χ3v) is 12.7. The van der Waals surface area contributed by atoms with Crippen LogP contribution in [0.3, 0.4) is 0 Å². The van der Waals surface area contributed by atoms with Crippen LogP contribution in [0.4, 0.5) is 0 Å². The Morgan fingerprint density at radius 2 is 0.532 bits per heavy atom. The molecule has 0 unspecified atom stereocenters. The van der Waals surface area contributed by atoms with Crippen LogP contribution < -0.4 is 18.9 Å². The fraction of sp³-hybridized carbons (Fsp3) is 0.276. The fourth-order valence-electron chi connectivity index (χ4n) is 10.0. The van der Waals surface area contributed by atoms with Gasteiger partial charge in [-0.25, -0.2) is 0 Å². The molecule has 0 saturated heterocycles. The molecule has 7 aromatic carbocycles. The maximum atomic E-state index is 6.32. The predicted molar refractivity (Wildman–Crippen MR) is 257 cm³/mol. The van der Waals surface area contributed by atoms with Crippen molar-refractivity contribution in [1.82, 2.24) is 0 Å². The highest BCUT2D eigenvalue weighted by atomic mass is 16.5. The SMILES string of the molecule is C.C.c1ccc(OCCCC2(CCCOc3ccccc3)c3ccccc3-c3cc4c(cc32)-c2ccccc2C4(CCCOc2ccccc2)CCCOc2ccccc2)cc1. The minimum Gasteiger partial charge on any atom is -0.494 e. The molecule has 2 aliphatic carbocycles. The van der Waals surface area contributed by atoms with Gasteiger partial charge in [0.25, 0.3) is 0 Å². The summed E-state index contributed by atoms with van der Waals surface area (Å²) in [4.78, 5) is 0. The van der Waals surface area contributed by atoms with Crippen molar-refractivity contribution in [3.8, 4) is 45.3 Å². The van der Waals surface area contributed by atoms with Crippen LogP contribution in [-0.2, 0) is 10.8 Å². The zero-order valence-electron chi connectivity index (χ0n) is 34.4. The van der Waals surface area contributed by atoms with Crippen LogP contribution in [0.2, 0.25) is 0 Å². The molecule has 7 aromatic rings. The molecular weight excluding hydrogens is 761 g/mol. The molecule has 62 heavy (non-hydrogen) atoms. The second kappa shape index (κ2) is 20.5. The molecule has 0 amide bonds. The summed E-state index contributed by atoms with van der Waals surface area (Å²) in [5.74, 6) is 3.68. The van der Waals surface area contributed by atoms with Crippen LogP contribution in [-0.4, -0.2) is 26.4 Å². The van der Waals surface area contributed by atoms with Gasteiger partial charge in [0.2, 0.25) is 0 Å². The first-order valence-corrected chi connectivity index (χ1v) is 21.8. The molecule has 4 nitrogen and oxygen atoms in total. The molecule has 9 rings (SSSR count). The number of hydrogen-bond donors (Lipinski definition) is 0. The average molecular weight is 823 g/mol. The van der Waals surface area contributed by atoms with Crippen molar-refractivity contribution < 1.29 is 18.9 Å². The molecule has 0 heterocycles. The van der Waals surface area contributed by atoms with Gasteiger partial charge in [-0.1, -0.05) is 136 Å². The van der Waals surface area contributed by atoms with E-state index in [-0.39, 0.29) is 25.7 Å². The van der Waals surface area contributed by atoms with Crippen LogP contribution in [0.5, 0.6) is 23.0 Å². The Labute approximate surface area is 370 Å². The fourth-order valence-corrected chi connectivity index (χ4v) is 10.0. The highest BCUT2D eigenvalue weighted by Crippen LogP contribution is 2.60. The second-order valence-electron chi connectivity index (χ2n) is 16.3. The van der Waals surface area contributed by atoms with Gasteiger partial charge < -0.3 is 18.9 Å². The van der Waals surface area contributed by atoms with E-state index in [4.69, 9.17) is 18.9 Å². The molecule has 0 atom stereocenters. The Balaban J connectivity index is 0.00000289. The molecular formula is C58H62O4. The Bertz CT molecular complexity index is 2180. The molecule has 0 N–H and O–H groups in total. The van der Waals surface area contributed by atoms with E-state index in [9.17, 15) is 0 Å². The Morgan fingerprint density at radius 1 is 0.274 bits per heavy atom. The van der Waals surface area contributed by atoms with Gasteiger partial charge in [0.1, 0.15) is 23.0 Å². The van der Waals surface area contributed by atoms with Crippen LogP contribution >= 0.6 is 0 Å². The monoisotopic (exact) mass is 822 g/mol. The first kappa shape index (κ1) is 43.8. The average Bonchev–Trinajstić information content (AvgIpc) is 3.73. The summed E-state index contributed by atoms with van der Waals surface area (Å²) in [6.07, 6.45) is 7.65. The number of rotatable bonds is 20. The van der Waals surface area contributed by atoms with Gasteiger partial charge in [0.15, 0.2) is 0 Å². The Hall–Kier alpha value is -6.26. The van der Waals surface area contributed by atoms with E-state index in [1.807, 2.05) is 121 Å². The topological polar surface area (TPSA) is 36.9 Å². The minimum atomic E-state index is -0.186.